The summed E-state index contributed by atoms with van der Waals surface area (Å²) in [6, 6.07) is 5.88. The zero-order valence-corrected chi connectivity index (χ0v) is 14.7. The summed E-state index contributed by atoms with van der Waals surface area (Å²) in [7, 11) is 0. The molecule has 0 aliphatic carbocycles. The van der Waals surface area contributed by atoms with Crippen LogP contribution in [0.3, 0.4) is 0 Å². The lowest BCUT2D eigenvalue weighted by molar-refractivity contribution is -0.124. The maximum Gasteiger partial charge on any atom is 0.240 e. The van der Waals surface area contributed by atoms with Gasteiger partial charge in [-0.1, -0.05) is 26.0 Å². The van der Waals surface area contributed by atoms with Crippen molar-refractivity contribution in [3.05, 3.63) is 29.3 Å². The van der Waals surface area contributed by atoms with Crippen LogP contribution in [0.15, 0.2) is 23.3 Å². The molecule has 2 amide bonds. The highest BCUT2D eigenvalue weighted by Crippen LogP contribution is 2.16. The first-order valence-corrected chi connectivity index (χ1v) is 7.97. The molecule has 1 rings (SSSR count). The highest BCUT2D eigenvalue weighted by molar-refractivity contribution is 5.94. The second kappa shape index (κ2) is 9.08. The molecule has 1 aromatic carbocycles. The summed E-state index contributed by atoms with van der Waals surface area (Å²) in [5.74, 6) is 0.0833. The van der Waals surface area contributed by atoms with Gasteiger partial charge in [0.25, 0.3) is 0 Å². The Hall–Kier alpha value is -2.17. The van der Waals surface area contributed by atoms with E-state index in [9.17, 15) is 9.59 Å². The fourth-order valence-corrected chi connectivity index (χ4v) is 2.16. The van der Waals surface area contributed by atoms with E-state index in [1.165, 1.54) is 0 Å². The molecule has 5 nitrogen and oxygen atoms in total. The van der Waals surface area contributed by atoms with Gasteiger partial charge in [-0.15, -0.1) is 0 Å². The molecule has 126 valence electrons. The van der Waals surface area contributed by atoms with Gasteiger partial charge in [-0.05, 0) is 50.3 Å². The Morgan fingerprint density at radius 3 is 2.43 bits per heavy atom. The number of benzene rings is 1. The molecular formula is C18H27N3O2. The Balaban J connectivity index is 2.41. The molecule has 23 heavy (non-hydrogen) atoms. The number of nitrogens with zero attached hydrogens (tertiary/aromatic N) is 1. The smallest absolute Gasteiger partial charge is 0.240 e. The first-order valence-electron chi connectivity index (χ1n) is 7.97. The van der Waals surface area contributed by atoms with Crippen LogP contribution in [0.5, 0.6) is 0 Å². The first kappa shape index (κ1) is 18.9. The Bertz CT molecular complexity index is 592. The van der Waals surface area contributed by atoms with Crippen LogP contribution in [-0.2, 0) is 9.59 Å². The minimum Gasteiger partial charge on any atom is -0.326 e. The molecule has 0 unspecified atom stereocenters. The average Bonchev–Trinajstić information content (AvgIpc) is 2.46. The largest absolute Gasteiger partial charge is 0.326 e. The average molecular weight is 317 g/mol. The van der Waals surface area contributed by atoms with Crippen LogP contribution in [0.2, 0.25) is 0 Å². The fourth-order valence-electron chi connectivity index (χ4n) is 2.16. The van der Waals surface area contributed by atoms with Gasteiger partial charge in [0.1, 0.15) is 0 Å². The molecule has 0 saturated heterocycles. The third kappa shape index (κ3) is 7.58. The zero-order chi connectivity index (χ0) is 17.4. The number of hydrogen-bond donors (Lipinski definition) is 2. The predicted octanol–water partition coefficient (Wildman–Crippen LogP) is 3.56. The van der Waals surface area contributed by atoms with Crippen LogP contribution >= 0.6 is 0 Å². The summed E-state index contributed by atoms with van der Waals surface area (Å²) in [4.78, 5) is 23.7. The van der Waals surface area contributed by atoms with Crippen LogP contribution in [0.1, 0.15) is 51.2 Å². The summed E-state index contributed by atoms with van der Waals surface area (Å²) in [5, 5.41) is 6.88. The first-order chi connectivity index (χ1) is 10.8. The molecule has 0 aliphatic heterocycles. The predicted molar refractivity (Wildman–Crippen MR) is 94.5 cm³/mol. The van der Waals surface area contributed by atoms with E-state index in [-0.39, 0.29) is 24.7 Å². The molecule has 0 saturated carbocycles. The number of aryl methyl sites for hydroxylation is 2. The monoisotopic (exact) mass is 317 g/mol. The van der Waals surface area contributed by atoms with Gasteiger partial charge in [-0.25, -0.2) is 5.43 Å². The third-order valence-electron chi connectivity index (χ3n) is 3.32. The quantitative estimate of drug-likeness (QED) is 0.596. The lowest BCUT2D eigenvalue weighted by Gasteiger charge is -2.09. The maximum atomic E-state index is 11.9. The van der Waals surface area contributed by atoms with Crippen LogP contribution in [-0.4, -0.2) is 17.5 Å². The second-order valence-electron chi connectivity index (χ2n) is 6.35. The van der Waals surface area contributed by atoms with Crippen LogP contribution in [0.25, 0.3) is 0 Å². The highest BCUT2D eigenvalue weighted by Gasteiger charge is 2.08. The van der Waals surface area contributed by atoms with Crippen molar-refractivity contribution in [1.29, 1.82) is 0 Å². The van der Waals surface area contributed by atoms with E-state index in [0.717, 1.165) is 28.9 Å². The van der Waals surface area contributed by atoms with Gasteiger partial charge in [0.15, 0.2) is 0 Å². The number of hydrogen-bond acceptors (Lipinski definition) is 3. The van der Waals surface area contributed by atoms with Crippen molar-refractivity contribution in [3.8, 4) is 0 Å². The fraction of sp³-hybridized carbons (Fsp3) is 0.500. The summed E-state index contributed by atoms with van der Waals surface area (Å²) in [6.45, 7) is 9.98. The van der Waals surface area contributed by atoms with Crippen molar-refractivity contribution >= 4 is 23.2 Å². The number of amides is 2. The highest BCUT2D eigenvalue weighted by atomic mass is 16.2. The van der Waals surface area contributed by atoms with Crippen molar-refractivity contribution in [2.24, 2.45) is 11.0 Å². The van der Waals surface area contributed by atoms with Crippen LogP contribution in [0.4, 0.5) is 5.69 Å². The summed E-state index contributed by atoms with van der Waals surface area (Å²) in [6.07, 6.45) is 1.10. The normalized spacial score (nSPS) is 11.5. The Kier molecular flexibility index (Phi) is 7.45. The molecule has 0 spiro atoms. The molecule has 0 aromatic heterocycles. The SMILES string of the molecule is C/C(CC(C)C)=N\NC(=O)CCC(=O)Nc1cc(C)ccc1C. The molecule has 2 N–H and O–H groups in total. The number of nitrogens with one attached hydrogen (secondary N) is 2. The van der Waals surface area contributed by atoms with Crippen molar-refractivity contribution in [2.45, 2.75) is 53.9 Å². The van der Waals surface area contributed by atoms with E-state index in [1.807, 2.05) is 39.0 Å². The maximum absolute atomic E-state index is 11.9. The van der Waals surface area contributed by atoms with Gasteiger partial charge < -0.3 is 5.32 Å². The van der Waals surface area contributed by atoms with E-state index < -0.39 is 0 Å². The Labute approximate surface area is 138 Å². The minimum absolute atomic E-state index is 0.120. The Morgan fingerprint density at radius 1 is 1.13 bits per heavy atom. The minimum atomic E-state index is -0.246. The number of anilines is 1. The van der Waals surface area contributed by atoms with E-state index in [4.69, 9.17) is 0 Å². The van der Waals surface area contributed by atoms with Crippen molar-refractivity contribution in [3.63, 3.8) is 0 Å². The summed E-state index contributed by atoms with van der Waals surface area (Å²) < 4.78 is 0. The number of hydrazone groups is 1. The van der Waals surface area contributed by atoms with Gasteiger partial charge in [-0.2, -0.15) is 5.10 Å². The number of rotatable bonds is 7. The van der Waals surface area contributed by atoms with E-state index in [1.54, 1.807) is 0 Å². The van der Waals surface area contributed by atoms with Gasteiger partial charge in [0.2, 0.25) is 11.8 Å². The summed E-state index contributed by atoms with van der Waals surface area (Å²) >= 11 is 0. The van der Waals surface area contributed by atoms with Gasteiger partial charge in [0, 0.05) is 24.2 Å². The molecule has 0 heterocycles. The van der Waals surface area contributed by atoms with E-state index in [0.29, 0.717) is 5.92 Å². The Morgan fingerprint density at radius 2 is 1.78 bits per heavy atom. The molecule has 5 heteroatoms. The topological polar surface area (TPSA) is 70.6 Å². The molecular weight excluding hydrogens is 290 g/mol. The van der Waals surface area contributed by atoms with Crippen LogP contribution in [0, 0.1) is 19.8 Å². The third-order valence-corrected chi connectivity index (χ3v) is 3.32. The molecule has 0 bridgehead atoms. The number of carbonyl (C=O) groups excluding carboxylic acids is 2. The van der Waals surface area contributed by atoms with E-state index in [2.05, 4.69) is 29.7 Å². The number of carbonyl (C=O) groups is 2. The summed E-state index contributed by atoms with van der Waals surface area (Å²) in [5.41, 5.74) is 6.26. The molecule has 1 aromatic rings. The second-order valence-corrected chi connectivity index (χ2v) is 6.35. The van der Waals surface area contributed by atoms with Gasteiger partial charge in [-0.3, -0.25) is 9.59 Å². The van der Waals surface area contributed by atoms with Crippen molar-refractivity contribution in [2.75, 3.05) is 5.32 Å². The molecule has 0 radical (unpaired) electrons. The lowest BCUT2D eigenvalue weighted by Crippen LogP contribution is -2.22. The zero-order valence-electron chi connectivity index (χ0n) is 14.7. The van der Waals surface area contributed by atoms with E-state index >= 15 is 0 Å². The van der Waals surface area contributed by atoms with Gasteiger partial charge in [0.05, 0.1) is 0 Å². The van der Waals surface area contributed by atoms with Crippen molar-refractivity contribution in [1.82, 2.24) is 5.43 Å². The molecule has 0 fully saturated rings. The lowest BCUT2D eigenvalue weighted by atomic mass is 10.1. The molecule has 0 atom stereocenters. The van der Waals surface area contributed by atoms with Crippen molar-refractivity contribution < 1.29 is 9.59 Å². The van der Waals surface area contributed by atoms with Crippen LogP contribution < -0.4 is 10.7 Å². The molecule has 0 aliphatic rings. The standard InChI is InChI=1S/C18H27N3O2/c1-12(2)10-15(5)20-21-18(23)9-8-17(22)19-16-11-13(3)6-7-14(16)4/h6-7,11-12H,8-10H2,1-5H3,(H,19,22)(H,21,23)/b20-15+. The van der Waals surface area contributed by atoms with Gasteiger partial charge >= 0.3 is 0 Å².